The van der Waals surface area contributed by atoms with Crippen LogP contribution in [0.5, 0.6) is 0 Å². The summed E-state index contributed by atoms with van der Waals surface area (Å²) in [6.07, 6.45) is 1.41. The van der Waals surface area contributed by atoms with E-state index in [1.54, 1.807) is 0 Å². The minimum Gasteiger partial charge on any atom is -0.303 e. The highest BCUT2D eigenvalue weighted by Crippen LogP contribution is 2.05. The van der Waals surface area contributed by atoms with Crippen LogP contribution in [-0.2, 0) is 0 Å². The van der Waals surface area contributed by atoms with Crippen molar-refractivity contribution in [1.82, 2.24) is 9.80 Å². The van der Waals surface area contributed by atoms with Gasteiger partial charge in [0.15, 0.2) is 0 Å². The van der Waals surface area contributed by atoms with Crippen molar-refractivity contribution in [2.75, 3.05) is 33.2 Å². The molecule has 0 spiro atoms. The van der Waals surface area contributed by atoms with Crippen LogP contribution in [0.1, 0.15) is 20.3 Å². The molecule has 2 heteroatoms. The van der Waals surface area contributed by atoms with Gasteiger partial charge in [0.2, 0.25) is 0 Å². The highest BCUT2D eigenvalue weighted by Gasteiger charge is 2.13. The molecular weight excluding hydrogens is 136 g/mol. The summed E-state index contributed by atoms with van der Waals surface area (Å²) >= 11 is 0. The van der Waals surface area contributed by atoms with Gasteiger partial charge in [0.05, 0.1) is 0 Å². The van der Waals surface area contributed by atoms with E-state index in [4.69, 9.17) is 0 Å². The van der Waals surface area contributed by atoms with Crippen molar-refractivity contribution in [3.05, 3.63) is 0 Å². The Balaban J connectivity index is 2.01. The van der Waals surface area contributed by atoms with Gasteiger partial charge in [0, 0.05) is 19.1 Å². The SMILES string of the molecule is CC(C)N(C)CCN1CCC1. The molecule has 2 nitrogen and oxygen atoms in total. The van der Waals surface area contributed by atoms with Crippen LogP contribution in [0.15, 0.2) is 0 Å². The molecule has 11 heavy (non-hydrogen) atoms. The van der Waals surface area contributed by atoms with Crippen LogP contribution in [0, 0.1) is 0 Å². The van der Waals surface area contributed by atoms with E-state index < -0.39 is 0 Å². The molecule has 0 bridgehead atoms. The van der Waals surface area contributed by atoms with Crippen molar-refractivity contribution in [3.63, 3.8) is 0 Å². The first-order valence-corrected chi connectivity index (χ1v) is 4.63. The first kappa shape index (κ1) is 9.01. The monoisotopic (exact) mass is 156 g/mol. The summed E-state index contributed by atoms with van der Waals surface area (Å²) in [5.41, 5.74) is 0. The van der Waals surface area contributed by atoms with Gasteiger partial charge in [-0.3, -0.25) is 0 Å². The average Bonchev–Trinajstić information content (AvgIpc) is 1.83. The number of hydrogen-bond acceptors (Lipinski definition) is 2. The lowest BCUT2D eigenvalue weighted by Crippen LogP contribution is -2.43. The van der Waals surface area contributed by atoms with Gasteiger partial charge in [-0.1, -0.05) is 0 Å². The molecule has 1 rings (SSSR count). The van der Waals surface area contributed by atoms with Crippen LogP contribution in [0.4, 0.5) is 0 Å². The summed E-state index contributed by atoms with van der Waals surface area (Å²) in [5, 5.41) is 0. The van der Waals surface area contributed by atoms with Crippen molar-refractivity contribution in [2.24, 2.45) is 0 Å². The lowest BCUT2D eigenvalue weighted by Gasteiger charge is -2.33. The molecule has 0 N–H and O–H groups in total. The number of hydrogen-bond donors (Lipinski definition) is 0. The Hall–Kier alpha value is -0.0800. The van der Waals surface area contributed by atoms with E-state index in [1.807, 2.05) is 0 Å². The second-order valence-corrected chi connectivity index (χ2v) is 3.77. The Bertz CT molecular complexity index is 108. The fourth-order valence-electron chi connectivity index (χ4n) is 1.16. The van der Waals surface area contributed by atoms with E-state index in [0.717, 1.165) is 0 Å². The van der Waals surface area contributed by atoms with Gasteiger partial charge in [0.1, 0.15) is 0 Å². The largest absolute Gasteiger partial charge is 0.303 e. The van der Waals surface area contributed by atoms with Crippen molar-refractivity contribution in [3.8, 4) is 0 Å². The van der Waals surface area contributed by atoms with Crippen LogP contribution in [-0.4, -0.2) is 49.1 Å². The zero-order valence-electron chi connectivity index (χ0n) is 8.01. The summed E-state index contributed by atoms with van der Waals surface area (Å²) < 4.78 is 0. The third-order valence-electron chi connectivity index (χ3n) is 2.60. The smallest absolute Gasteiger partial charge is 0.0109 e. The van der Waals surface area contributed by atoms with Crippen LogP contribution in [0.25, 0.3) is 0 Å². The van der Waals surface area contributed by atoms with Gasteiger partial charge in [0.25, 0.3) is 0 Å². The molecule has 1 saturated heterocycles. The topological polar surface area (TPSA) is 6.48 Å². The van der Waals surface area contributed by atoms with Crippen molar-refractivity contribution in [1.29, 1.82) is 0 Å². The zero-order chi connectivity index (χ0) is 8.27. The minimum absolute atomic E-state index is 0.691. The van der Waals surface area contributed by atoms with Gasteiger partial charge in [-0.25, -0.2) is 0 Å². The molecule has 0 aliphatic carbocycles. The molecule has 1 aliphatic rings. The summed E-state index contributed by atoms with van der Waals surface area (Å²) in [6, 6.07) is 0.691. The van der Waals surface area contributed by atoms with Gasteiger partial charge in [-0.15, -0.1) is 0 Å². The molecule has 0 aromatic carbocycles. The summed E-state index contributed by atoms with van der Waals surface area (Å²) in [6.45, 7) is 9.62. The Morgan fingerprint density at radius 2 is 2.00 bits per heavy atom. The zero-order valence-corrected chi connectivity index (χ0v) is 8.01. The van der Waals surface area contributed by atoms with Crippen LogP contribution >= 0.6 is 0 Å². The standard InChI is InChI=1S/C9H20N2/c1-9(2)10(3)7-8-11-5-4-6-11/h9H,4-8H2,1-3H3. The van der Waals surface area contributed by atoms with Gasteiger partial charge >= 0.3 is 0 Å². The molecule has 1 aliphatic heterocycles. The molecule has 0 aromatic heterocycles. The maximum absolute atomic E-state index is 2.51. The molecular formula is C9H20N2. The molecule has 0 amide bonds. The fraction of sp³-hybridized carbons (Fsp3) is 1.00. The number of rotatable bonds is 4. The van der Waals surface area contributed by atoms with Crippen molar-refractivity contribution < 1.29 is 0 Å². The maximum Gasteiger partial charge on any atom is 0.0109 e. The molecule has 66 valence electrons. The average molecular weight is 156 g/mol. The van der Waals surface area contributed by atoms with E-state index in [0.29, 0.717) is 6.04 Å². The Morgan fingerprint density at radius 3 is 2.36 bits per heavy atom. The Kier molecular flexibility index (Phi) is 3.34. The van der Waals surface area contributed by atoms with E-state index in [1.165, 1.54) is 32.6 Å². The Labute approximate surface area is 70.2 Å². The molecule has 0 unspecified atom stereocenters. The van der Waals surface area contributed by atoms with Crippen molar-refractivity contribution in [2.45, 2.75) is 26.3 Å². The summed E-state index contributed by atoms with van der Waals surface area (Å²) in [4.78, 5) is 4.91. The van der Waals surface area contributed by atoms with E-state index in [9.17, 15) is 0 Å². The third-order valence-corrected chi connectivity index (χ3v) is 2.60. The lowest BCUT2D eigenvalue weighted by molar-refractivity contribution is 0.148. The predicted octanol–water partition coefficient (Wildman–Crippen LogP) is 1.03. The van der Waals surface area contributed by atoms with Gasteiger partial charge in [-0.2, -0.15) is 0 Å². The maximum atomic E-state index is 2.51. The number of likely N-dealkylation sites (tertiary alicyclic amines) is 1. The van der Waals surface area contributed by atoms with Gasteiger partial charge < -0.3 is 9.80 Å². The molecule has 1 heterocycles. The third kappa shape index (κ3) is 2.80. The first-order valence-electron chi connectivity index (χ1n) is 4.63. The number of nitrogens with zero attached hydrogens (tertiary/aromatic N) is 2. The molecule has 0 saturated carbocycles. The predicted molar refractivity (Wildman–Crippen MR) is 48.8 cm³/mol. The molecule has 0 atom stereocenters. The lowest BCUT2D eigenvalue weighted by atomic mass is 10.2. The number of likely N-dealkylation sites (N-methyl/N-ethyl adjacent to an activating group) is 1. The first-order chi connectivity index (χ1) is 5.20. The van der Waals surface area contributed by atoms with E-state index in [2.05, 4.69) is 30.7 Å². The fourth-order valence-corrected chi connectivity index (χ4v) is 1.16. The Morgan fingerprint density at radius 1 is 1.36 bits per heavy atom. The summed E-state index contributed by atoms with van der Waals surface area (Å²) in [7, 11) is 2.20. The van der Waals surface area contributed by atoms with Gasteiger partial charge in [-0.05, 0) is 40.4 Å². The highest BCUT2D eigenvalue weighted by atomic mass is 15.2. The minimum atomic E-state index is 0.691. The second-order valence-electron chi connectivity index (χ2n) is 3.77. The second kappa shape index (κ2) is 4.07. The highest BCUT2D eigenvalue weighted by molar-refractivity contribution is 4.70. The van der Waals surface area contributed by atoms with Crippen LogP contribution in [0.3, 0.4) is 0 Å². The van der Waals surface area contributed by atoms with E-state index in [-0.39, 0.29) is 0 Å². The van der Waals surface area contributed by atoms with E-state index >= 15 is 0 Å². The molecule has 0 radical (unpaired) electrons. The normalized spacial score (nSPS) is 19.4. The quantitative estimate of drug-likeness (QED) is 0.600. The van der Waals surface area contributed by atoms with Crippen LogP contribution < -0.4 is 0 Å². The van der Waals surface area contributed by atoms with Crippen LogP contribution in [0.2, 0.25) is 0 Å². The molecule has 1 fully saturated rings. The van der Waals surface area contributed by atoms with Crippen molar-refractivity contribution >= 4 is 0 Å². The summed E-state index contributed by atoms with van der Waals surface area (Å²) in [5.74, 6) is 0. The molecule has 0 aromatic rings.